The van der Waals surface area contributed by atoms with Crippen LogP contribution in [-0.4, -0.2) is 139 Å². The van der Waals surface area contributed by atoms with Crippen molar-refractivity contribution in [3.8, 4) is 22.6 Å². The van der Waals surface area contributed by atoms with E-state index in [4.69, 9.17) is 74.0 Å². The van der Waals surface area contributed by atoms with Crippen LogP contribution in [0.25, 0.3) is 11.1 Å². The van der Waals surface area contributed by atoms with Gasteiger partial charge in [-0.1, -0.05) is 145 Å². The molecule has 0 heterocycles. The number of carbonyl (C=O) groups is 12. The van der Waals surface area contributed by atoms with Gasteiger partial charge in [0.2, 0.25) is 19.7 Å². The second-order valence-electron chi connectivity index (χ2n) is 27.1. The largest absolute Gasteiger partial charge is 0.457 e. The Hall–Kier alpha value is -14.6. The smallest absolute Gasteiger partial charge is 0.265 e. The number of nitrogen functional groups attached to an aromatic ring is 4. The van der Waals surface area contributed by atoms with E-state index in [0.717, 1.165) is 38.5 Å². The van der Waals surface area contributed by atoms with Crippen molar-refractivity contribution in [2.75, 3.05) is 52.4 Å². The van der Waals surface area contributed by atoms with Gasteiger partial charge in [0.15, 0.2) is 46.3 Å². The maximum Gasteiger partial charge on any atom is 0.265 e. The molecular formula is C93H94N16O17S3. The summed E-state index contributed by atoms with van der Waals surface area (Å²) in [5.74, 6) is 18.4. The Morgan fingerprint density at radius 2 is 0.450 bits per heavy atom. The average Bonchev–Trinajstić information content (AvgIpc) is 0.793. The second-order valence-corrected chi connectivity index (χ2v) is 32.1. The molecule has 0 unspecified atom stereocenters. The number of hydrogen-bond donors (Lipinski definition) is 16. The van der Waals surface area contributed by atoms with Crippen LogP contribution in [0.1, 0.15) is 135 Å². The Kier molecular flexibility index (Phi) is 39.8. The third-order valence-corrected chi connectivity index (χ3v) is 23.1. The summed E-state index contributed by atoms with van der Waals surface area (Å²) in [6, 6.07) is 78.7. The third kappa shape index (κ3) is 29.8. The highest BCUT2D eigenvalue weighted by Crippen LogP contribution is 2.30. The highest BCUT2D eigenvalue weighted by molar-refractivity contribution is 7.99. The van der Waals surface area contributed by atoms with Gasteiger partial charge in [0.1, 0.15) is 11.5 Å². The molecule has 28 N–H and O–H groups in total. The second kappa shape index (κ2) is 50.6. The molecule has 36 heteroatoms. The minimum atomic E-state index is -3.91. The lowest BCUT2D eigenvalue weighted by Gasteiger charge is -2.08. The fourth-order valence-electron chi connectivity index (χ4n) is 11.4. The third-order valence-electron chi connectivity index (χ3n) is 18.6. The topological polar surface area (TPSA) is 643 Å². The fourth-order valence-corrected chi connectivity index (χ4v) is 14.8. The number of carbonyl (C=O) groups excluding carboxylic acids is 12. The average molecular weight is 1800 g/mol. The van der Waals surface area contributed by atoms with Crippen LogP contribution >= 0.6 is 11.8 Å². The van der Waals surface area contributed by atoms with Crippen LogP contribution < -0.4 is 95.7 Å². The van der Waals surface area contributed by atoms with Crippen LogP contribution in [0.15, 0.2) is 321 Å². The number of rotatable bonds is 31. The molecule has 666 valence electrons. The molecule has 0 aliphatic carbocycles. The molecule has 12 aromatic carbocycles. The van der Waals surface area contributed by atoms with Crippen molar-refractivity contribution < 1.29 is 79.1 Å². The van der Waals surface area contributed by atoms with E-state index in [2.05, 4.69) is 10.9 Å². The van der Waals surface area contributed by atoms with Gasteiger partial charge >= 0.3 is 0 Å². The van der Waals surface area contributed by atoms with Gasteiger partial charge in [-0.3, -0.25) is 79.2 Å². The molecule has 0 atom stereocenters. The van der Waals surface area contributed by atoms with Crippen LogP contribution in [0.2, 0.25) is 0 Å². The Morgan fingerprint density at radius 3 is 0.690 bits per heavy atom. The Morgan fingerprint density at radius 1 is 0.240 bits per heavy atom. The quantitative estimate of drug-likeness (QED) is 0.00949. The van der Waals surface area contributed by atoms with E-state index in [1.807, 2.05) is 83.6 Å². The molecule has 0 fully saturated rings. The minimum Gasteiger partial charge on any atom is -0.457 e. The maximum atomic E-state index is 12.6. The summed E-state index contributed by atoms with van der Waals surface area (Å²) in [7, 11) is -7.63. The van der Waals surface area contributed by atoms with E-state index in [0.29, 0.717) is 67.1 Å². The lowest BCUT2D eigenvalue weighted by molar-refractivity contribution is 0.0945. The van der Waals surface area contributed by atoms with Crippen molar-refractivity contribution >= 4 is 101 Å². The number of nitrogens with one attached hydrogen (secondary N) is 4. The maximum absolute atomic E-state index is 12.6. The van der Waals surface area contributed by atoms with E-state index < -0.39 is 31.5 Å². The number of nitrogens with two attached hydrogens (primary N) is 12. The first-order valence-corrected chi connectivity index (χ1v) is 42.6. The summed E-state index contributed by atoms with van der Waals surface area (Å²) in [4.78, 5) is 139. The van der Waals surface area contributed by atoms with Crippen molar-refractivity contribution in [1.82, 2.24) is 21.7 Å². The van der Waals surface area contributed by atoms with Crippen molar-refractivity contribution in [1.29, 1.82) is 0 Å². The van der Waals surface area contributed by atoms with Gasteiger partial charge in [-0.05, 0) is 186 Å². The summed E-state index contributed by atoms with van der Waals surface area (Å²) in [5, 5.41) is 0. The number of amides is 4. The molecule has 0 saturated heterocycles. The van der Waals surface area contributed by atoms with Gasteiger partial charge < -0.3 is 50.6 Å². The summed E-state index contributed by atoms with van der Waals surface area (Å²) in [6.45, 7) is -0.225. The SMILES string of the molecule is NCC(=O)c1ccc(Cc2ccc(C(=O)CN)cc2)cc1.NCC(=O)c1ccc(Oc2ccc(C(=O)CN)cc2)cc1.NCC(=O)c1ccc(S(=O)(=O)c2ccc(C(=O)CN)cc2)cc1.NCC(=O)c1ccc(Sc2ccc(C(=O)CN)cc2)cc1.NNC(=O)c1ccc(-c2ccc(C(=O)NN)cc2)cc1.NNC(=O)c1cccc(S(=O)(=O)c2cccc(C(=O)NN)c2)c1. The highest BCUT2D eigenvalue weighted by atomic mass is 32.2. The molecule has 0 aromatic heterocycles. The zero-order valence-corrected chi connectivity index (χ0v) is 71.6. The first-order valence-electron chi connectivity index (χ1n) is 38.8. The van der Waals surface area contributed by atoms with E-state index >= 15 is 0 Å². The molecule has 0 bridgehead atoms. The summed E-state index contributed by atoms with van der Waals surface area (Å²) in [6.07, 6.45) is 0.744. The van der Waals surface area contributed by atoms with Crippen molar-refractivity contribution in [3.05, 3.63) is 369 Å². The first-order chi connectivity index (χ1) is 61.8. The van der Waals surface area contributed by atoms with Crippen LogP contribution in [-0.2, 0) is 26.1 Å². The number of benzene rings is 12. The van der Waals surface area contributed by atoms with Gasteiger partial charge in [0.05, 0.1) is 71.9 Å². The lowest BCUT2D eigenvalue weighted by Crippen LogP contribution is -2.30. The molecule has 0 radical (unpaired) electrons. The number of ether oxygens (including phenoxy) is 1. The minimum absolute atomic E-state index is 0.0170. The van der Waals surface area contributed by atoms with E-state index in [9.17, 15) is 74.4 Å². The predicted molar refractivity (Wildman–Crippen MR) is 488 cm³/mol. The van der Waals surface area contributed by atoms with Gasteiger partial charge in [-0.25, -0.2) is 40.2 Å². The van der Waals surface area contributed by atoms with Crippen molar-refractivity contribution in [2.45, 2.75) is 35.8 Å². The van der Waals surface area contributed by atoms with Crippen molar-refractivity contribution in [3.63, 3.8) is 0 Å². The number of hydrazine groups is 4. The molecule has 129 heavy (non-hydrogen) atoms. The molecule has 0 saturated carbocycles. The van der Waals surface area contributed by atoms with E-state index in [1.165, 1.54) is 97.1 Å². The number of Topliss-reactive ketones (excluding diaryl/α,β-unsaturated/α-hetero) is 8. The van der Waals surface area contributed by atoms with Crippen LogP contribution in [0.4, 0.5) is 0 Å². The Bertz CT molecular complexity index is 5530. The Labute approximate surface area is 746 Å². The molecule has 0 spiro atoms. The molecular weight excluding hydrogens is 1710 g/mol. The normalized spacial score (nSPS) is 10.5. The molecule has 4 amide bonds. The van der Waals surface area contributed by atoms with Crippen LogP contribution in [0.5, 0.6) is 11.5 Å². The zero-order valence-electron chi connectivity index (χ0n) is 69.2. The number of ketones is 8. The zero-order chi connectivity index (χ0) is 94.3. The fraction of sp³-hybridized carbons (Fsp3) is 0.0968. The number of hydrogen-bond acceptors (Lipinski definition) is 30. The summed E-state index contributed by atoms with van der Waals surface area (Å²) < 4.78 is 55.9. The summed E-state index contributed by atoms with van der Waals surface area (Å²) in [5.41, 5.74) is 60.0. The van der Waals surface area contributed by atoms with Crippen LogP contribution in [0.3, 0.4) is 0 Å². The van der Waals surface area contributed by atoms with Gasteiger partial charge in [-0.2, -0.15) is 0 Å². The molecule has 12 rings (SSSR count). The van der Waals surface area contributed by atoms with E-state index in [1.54, 1.807) is 133 Å². The van der Waals surface area contributed by atoms with Crippen molar-refractivity contribution in [2.24, 2.45) is 69.2 Å². The monoisotopic (exact) mass is 1800 g/mol. The van der Waals surface area contributed by atoms with Gasteiger partial charge in [0, 0.05) is 76.6 Å². The van der Waals surface area contributed by atoms with E-state index in [-0.39, 0.29) is 141 Å². The Balaban J connectivity index is 0.000000212. The predicted octanol–water partition coefficient (Wildman–Crippen LogP) is 6.53. The molecule has 0 aliphatic heterocycles. The first kappa shape index (κ1) is 102. The molecule has 0 aliphatic rings. The standard InChI is InChI=1S/C17H18N2O2.C16H16N2O4S.C16H16N2O3.C16H16N2O2S.C14H14N4O4S.C14H14N4O2/c18-10-16(20)14-5-1-12(2-6-14)9-13-3-7-15(8-4-13)17(21)11-19;17-9-15(19)11-1-5-13(6-2-11)23(21,22)14-7-3-12(4-8-14)16(20)10-18;2*17-9-15(19)11-1-5-13(6-2-11)21-14-7-3-12(4-8-14)16(20)10-18;15-17-13(19)9-3-1-5-11(7-9)23(21,22)12-6-2-4-10(8-12)14(20)18-16;15-17-13(19)11-5-1-9(2-6-11)10-3-7-12(8-4-10)14(20)18-16/h1-8H,9-11,18-19H2;1-8H,9-10,17-18H2;2*1-8H,9-10,17-18H2;1-8H,15-16H2,(H,17,19)(H,18,20);1-8H,15-16H2,(H,17,19)(H,18,20). The lowest BCUT2D eigenvalue weighted by atomic mass is 10.0. The van der Waals surface area contributed by atoms with Crippen LogP contribution in [0, 0.1) is 0 Å². The van der Waals surface area contributed by atoms with Gasteiger partial charge in [-0.15, -0.1) is 0 Å². The molecule has 12 aromatic rings. The molecule has 33 nitrogen and oxygen atoms in total. The van der Waals surface area contributed by atoms with Gasteiger partial charge in [0.25, 0.3) is 23.6 Å². The number of sulfone groups is 2. The highest BCUT2D eigenvalue weighted by Gasteiger charge is 2.23. The summed E-state index contributed by atoms with van der Waals surface area (Å²) >= 11 is 1.56.